The van der Waals surface area contributed by atoms with Gasteiger partial charge in [-0.3, -0.25) is 0 Å². The molecule has 19 heavy (non-hydrogen) atoms. The summed E-state index contributed by atoms with van der Waals surface area (Å²) < 4.78 is 32.9. The van der Waals surface area contributed by atoms with Crippen LogP contribution in [0.5, 0.6) is 0 Å². The Balaban J connectivity index is 1.97. The van der Waals surface area contributed by atoms with Gasteiger partial charge in [0, 0.05) is 17.6 Å². The van der Waals surface area contributed by atoms with Crippen LogP contribution in [-0.2, 0) is 14.8 Å². The van der Waals surface area contributed by atoms with Crippen LogP contribution in [0.4, 0.5) is 0 Å². The molecule has 1 N–H and O–H groups in total. The van der Waals surface area contributed by atoms with Crippen LogP contribution in [-0.4, -0.2) is 27.7 Å². The van der Waals surface area contributed by atoms with E-state index < -0.39 is 10.0 Å². The van der Waals surface area contributed by atoms with Crippen LogP contribution in [0, 0.1) is 0 Å². The van der Waals surface area contributed by atoms with Gasteiger partial charge >= 0.3 is 0 Å². The van der Waals surface area contributed by atoms with Crippen molar-refractivity contribution in [3.63, 3.8) is 0 Å². The van der Waals surface area contributed by atoms with Crippen molar-refractivity contribution in [2.45, 2.75) is 30.3 Å². The second kappa shape index (κ2) is 6.54. The van der Waals surface area contributed by atoms with Gasteiger partial charge in [0.05, 0.1) is 11.1 Å². The van der Waals surface area contributed by atoms with E-state index in [-0.39, 0.29) is 16.0 Å². The van der Waals surface area contributed by atoms with Gasteiger partial charge in [-0.1, -0.05) is 27.5 Å². The Hall–Kier alpha value is -0.140. The SMILES string of the molecule is O=S(=O)(NCCC1CCCO1)c1ccc(Br)cc1Cl. The maximum atomic E-state index is 12.1. The molecule has 0 aromatic heterocycles. The van der Waals surface area contributed by atoms with Gasteiger partial charge in [-0.2, -0.15) is 0 Å². The molecule has 7 heteroatoms. The summed E-state index contributed by atoms with van der Waals surface area (Å²) in [5, 5.41) is 0.207. The first-order valence-electron chi connectivity index (χ1n) is 6.05. The Kier molecular flexibility index (Phi) is 5.25. The minimum atomic E-state index is -3.56. The second-order valence-electron chi connectivity index (χ2n) is 4.40. The third-order valence-electron chi connectivity index (χ3n) is 2.97. The van der Waals surface area contributed by atoms with Gasteiger partial charge in [-0.05, 0) is 37.5 Å². The van der Waals surface area contributed by atoms with Crippen molar-refractivity contribution in [2.24, 2.45) is 0 Å². The largest absolute Gasteiger partial charge is 0.378 e. The van der Waals surface area contributed by atoms with Crippen LogP contribution in [0.3, 0.4) is 0 Å². The van der Waals surface area contributed by atoms with Crippen molar-refractivity contribution in [2.75, 3.05) is 13.2 Å². The summed E-state index contributed by atoms with van der Waals surface area (Å²) in [4.78, 5) is 0.102. The lowest BCUT2D eigenvalue weighted by Gasteiger charge is -2.11. The second-order valence-corrected chi connectivity index (χ2v) is 7.45. The molecular weight excluding hydrogens is 354 g/mol. The van der Waals surface area contributed by atoms with Crippen molar-refractivity contribution < 1.29 is 13.2 Å². The lowest BCUT2D eigenvalue weighted by atomic mass is 10.2. The van der Waals surface area contributed by atoms with Crippen molar-refractivity contribution in [3.8, 4) is 0 Å². The van der Waals surface area contributed by atoms with Crippen LogP contribution >= 0.6 is 27.5 Å². The lowest BCUT2D eigenvalue weighted by Crippen LogP contribution is -2.27. The van der Waals surface area contributed by atoms with E-state index in [2.05, 4.69) is 20.7 Å². The number of rotatable bonds is 5. The highest BCUT2D eigenvalue weighted by Gasteiger charge is 2.20. The van der Waals surface area contributed by atoms with E-state index in [1.807, 2.05) is 0 Å². The number of hydrogen-bond donors (Lipinski definition) is 1. The average molecular weight is 369 g/mol. The van der Waals surface area contributed by atoms with Crippen LogP contribution in [0.2, 0.25) is 5.02 Å². The van der Waals surface area contributed by atoms with Crippen LogP contribution in [0.15, 0.2) is 27.6 Å². The van der Waals surface area contributed by atoms with Crippen molar-refractivity contribution >= 4 is 37.6 Å². The first-order valence-corrected chi connectivity index (χ1v) is 8.71. The Morgan fingerprint density at radius 2 is 2.26 bits per heavy atom. The number of sulfonamides is 1. The molecule has 1 aromatic carbocycles. The molecule has 0 aliphatic carbocycles. The fourth-order valence-corrected chi connectivity index (χ4v) is 4.08. The van der Waals surface area contributed by atoms with E-state index in [0.29, 0.717) is 13.0 Å². The summed E-state index contributed by atoms with van der Waals surface area (Å²) in [6, 6.07) is 4.71. The first kappa shape index (κ1) is 15.3. The summed E-state index contributed by atoms with van der Waals surface area (Å²) in [7, 11) is -3.56. The van der Waals surface area contributed by atoms with E-state index in [1.165, 1.54) is 6.07 Å². The third-order valence-corrected chi connectivity index (χ3v) is 5.40. The van der Waals surface area contributed by atoms with Gasteiger partial charge in [-0.15, -0.1) is 0 Å². The van der Waals surface area contributed by atoms with Gasteiger partial charge in [0.25, 0.3) is 0 Å². The fraction of sp³-hybridized carbons (Fsp3) is 0.500. The van der Waals surface area contributed by atoms with E-state index in [9.17, 15) is 8.42 Å². The summed E-state index contributed by atoms with van der Waals surface area (Å²) in [5.74, 6) is 0. The molecule has 0 amide bonds. The smallest absolute Gasteiger partial charge is 0.242 e. The standard InChI is InChI=1S/C12H15BrClNO3S/c13-9-3-4-12(11(14)8-9)19(16,17)15-6-5-10-2-1-7-18-10/h3-4,8,10,15H,1-2,5-7H2. The maximum absolute atomic E-state index is 12.1. The van der Waals surface area contributed by atoms with E-state index in [4.69, 9.17) is 16.3 Å². The van der Waals surface area contributed by atoms with E-state index in [1.54, 1.807) is 12.1 Å². The highest BCUT2D eigenvalue weighted by molar-refractivity contribution is 9.10. The Morgan fingerprint density at radius 1 is 1.47 bits per heavy atom. The molecular formula is C12H15BrClNO3S. The molecule has 1 aromatic rings. The zero-order chi connectivity index (χ0) is 13.9. The fourth-order valence-electron chi connectivity index (χ4n) is 2.00. The number of halogens is 2. The Bertz CT molecular complexity index is 544. The zero-order valence-electron chi connectivity index (χ0n) is 10.2. The summed E-state index contributed by atoms with van der Waals surface area (Å²) in [5.41, 5.74) is 0. The van der Waals surface area contributed by atoms with Gasteiger partial charge < -0.3 is 4.74 Å². The molecule has 1 heterocycles. The molecule has 0 bridgehead atoms. The van der Waals surface area contributed by atoms with E-state index in [0.717, 1.165) is 23.9 Å². The predicted octanol–water partition coefficient (Wildman–Crippen LogP) is 2.95. The number of ether oxygens (including phenoxy) is 1. The molecule has 1 saturated heterocycles. The van der Waals surface area contributed by atoms with Crippen molar-refractivity contribution in [1.29, 1.82) is 0 Å². The number of benzene rings is 1. The normalized spacial score (nSPS) is 19.8. The first-order chi connectivity index (χ1) is 8.99. The summed E-state index contributed by atoms with van der Waals surface area (Å²) in [6.07, 6.45) is 2.91. The average Bonchev–Trinajstić information content (AvgIpc) is 2.81. The van der Waals surface area contributed by atoms with Gasteiger partial charge in [0.15, 0.2) is 0 Å². The van der Waals surface area contributed by atoms with Crippen molar-refractivity contribution in [3.05, 3.63) is 27.7 Å². The quantitative estimate of drug-likeness (QED) is 0.869. The molecule has 0 spiro atoms. The van der Waals surface area contributed by atoms with Crippen LogP contribution < -0.4 is 4.72 Å². The summed E-state index contributed by atoms with van der Waals surface area (Å²) in [6.45, 7) is 1.13. The molecule has 1 atom stereocenters. The maximum Gasteiger partial charge on any atom is 0.242 e. The minimum Gasteiger partial charge on any atom is -0.378 e. The van der Waals surface area contributed by atoms with Crippen LogP contribution in [0.25, 0.3) is 0 Å². The number of hydrogen-bond acceptors (Lipinski definition) is 3. The van der Waals surface area contributed by atoms with Gasteiger partial charge in [0.1, 0.15) is 4.90 Å². The Labute approximate surface area is 126 Å². The zero-order valence-corrected chi connectivity index (χ0v) is 13.4. The van der Waals surface area contributed by atoms with Crippen LogP contribution in [0.1, 0.15) is 19.3 Å². The number of nitrogens with one attached hydrogen (secondary N) is 1. The molecule has 0 saturated carbocycles. The van der Waals surface area contributed by atoms with E-state index >= 15 is 0 Å². The minimum absolute atomic E-state index is 0.102. The molecule has 0 radical (unpaired) electrons. The summed E-state index contributed by atoms with van der Waals surface area (Å²) >= 11 is 9.19. The van der Waals surface area contributed by atoms with Crippen molar-refractivity contribution in [1.82, 2.24) is 4.72 Å². The molecule has 4 nitrogen and oxygen atoms in total. The molecule has 2 rings (SSSR count). The monoisotopic (exact) mass is 367 g/mol. The molecule has 1 unspecified atom stereocenters. The van der Waals surface area contributed by atoms with Gasteiger partial charge in [-0.25, -0.2) is 13.1 Å². The predicted molar refractivity (Wildman–Crippen MR) is 77.9 cm³/mol. The van der Waals surface area contributed by atoms with Gasteiger partial charge in [0.2, 0.25) is 10.0 Å². The molecule has 1 aliphatic rings. The molecule has 1 fully saturated rings. The molecule has 1 aliphatic heterocycles. The highest BCUT2D eigenvalue weighted by atomic mass is 79.9. The Morgan fingerprint density at radius 3 is 2.89 bits per heavy atom. The lowest BCUT2D eigenvalue weighted by molar-refractivity contribution is 0.105. The topological polar surface area (TPSA) is 55.4 Å². The molecule has 106 valence electrons. The third kappa shape index (κ3) is 4.16. The highest BCUT2D eigenvalue weighted by Crippen LogP contribution is 2.25.